The Bertz CT molecular complexity index is 1250. The Hall–Kier alpha value is -3.86. The number of H-pyrrole nitrogens is 1. The number of rotatable bonds is 5. The summed E-state index contributed by atoms with van der Waals surface area (Å²) >= 11 is 0. The van der Waals surface area contributed by atoms with E-state index < -0.39 is 0 Å². The molecule has 0 radical (unpaired) electrons. The van der Waals surface area contributed by atoms with Crippen molar-refractivity contribution in [3.63, 3.8) is 0 Å². The van der Waals surface area contributed by atoms with E-state index in [4.69, 9.17) is 15.4 Å². The second-order valence-electron chi connectivity index (χ2n) is 7.31. The molecule has 0 aliphatic carbocycles. The van der Waals surface area contributed by atoms with Crippen LogP contribution in [0.2, 0.25) is 0 Å². The Morgan fingerprint density at radius 2 is 1.43 bits per heavy atom. The van der Waals surface area contributed by atoms with Crippen molar-refractivity contribution >= 4 is 11.3 Å². The van der Waals surface area contributed by atoms with E-state index in [9.17, 15) is 0 Å². The quantitative estimate of drug-likeness (QED) is 0.411. The van der Waals surface area contributed by atoms with Gasteiger partial charge < -0.3 is 5.41 Å². The van der Waals surface area contributed by atoms with E-state index in [1.807, 2.05) is 74.5 Å². The lowest BCUT2D eigenvalue weighted by Crippen LogP contribution is -1.95. The molecule has 1 aromatic carbocycles. The molecule has 0 atom stereocenters. The third-order valence-electron chi connectivity index (χ3n) is 4.78. The summed E-state index contributed by atoms with van der Waals surface area (Å²) in [6.45, 7) is 5.72. The summed E-state index contributed by atoms with van der Waals surface area (Å²) in [5.41, 5.74) is 8.78. The number of aromatic nitrogens is 4. The lowest BCUT2D eigenvalue weighted by Gasteiger charge is -2.11. The number of allylic oxidation sites excluding steroid dienone is 2. The van der Waals surface area contributed by atoms with Gasteiger partial charge in [0.2, 0.25) is 0 Å². The molecule has 5 nitrogen and oxygen atoms in total. The predicted octanol–water partition coefficient (Wildman–Crippen LogP) is 5.95. The van der Waals surface area contributed by atoms with Gasteiger partial charge in [-0.1, -0.05) is 36.4 Å². The molecule has 3 aromatic heterocycles. The average molecular weight is 393 g/mol. The SMILES string of the molecule is CC(=N)/C=C(\C)c1cccc(-c2ccccc2-c2cccc(-c3cc(C)[nH]n3)n2)n1. The summed E-state index contributed by atoms with van der Waals surface area (Å²) in [5, 5.41) is 15.0. The molecule has 0 unspecified atom stereocenters. The summed E-state index contributed by atoms with van der Waals surface area (Å²) in [6, 6.07) is 22.1. The fourth-order valence-electron chi connectivity index (χ4n) is 3.41. The molecule has 4 aromatic rings. The third-order valence-corrected chi connectivity index (χ3v) is 4.78. The van der Waals surface area contributed by atoms with E-state index in [0.29, 0.717) is 5.71 Å². The zero-order chi connectivity index (χ0) is 21.1. The fraction of sp³-hybridized carbons (Fsp3) is 0.120. The summed E-state index contributed by atoms with van der Waals surface area (Å²) in [6.07, 6.45) is 1.83. The van der Waals surface area contributed by atoms with Gasteiger partial charge >= 0.3 is 0 Å². The van der Waals surface area contributed by atoms with Crippen LogP contribution in [0.5, 0.6) is 0 Å². The second-order valence-corrected chi connectivity index (χ2v) is 7.31. The van der Waals surface area contributed by atoms with Gasteiger partial charge in [-0.05, 0) is 62.8 Å². The Morgan fingerprint density at radius 3 is 2.07 bits per heavy atom. The van der Waals surface area contributed by atoms with E-state index >= 15 is 0 Å². The van der Waals surface area contributed by atoms with Crippen molar-refractivity contribution in [2.45, 2.75) is 20.8 Å². The molecule has 4 rings (SSSR count). The number of hydrogen-bond donors (Lipinski definition) is 2. The molecular formula is C25H23N5. The molecule has 0 aliphatic rings. The number of aromatic amines is 1. The lowest BCUT2D eigenvalue weighted by molar-refractivity contribution is 1.05. The van der Waals surface area contributed by atoms with Gasteiger partial charge in [0.25, 0.3) is 0 Å². The fourth-order valence-corrected chi connectivity index (χ4v) is 3.41. The average Bonchev–Trinajstić information content (AvgIpc) is 3.20. The molecule has 30 heavy (non-hydrogen) atoms. The van der Waals surface area contributed by atoms with Crippen LogP contribution in [0, 0.1) is 12.3 Å². The first kappa shape index (κ1) is 19.5. The van der Waals surface area contributed by atoms with Crippen LogP contribution in [-0.2, 0) is 0 Å². The van der Waals surface area contributed by atoms with Crippen molar-refractivity contribution in [3.05, 3.63) is 84.2 Å². The number of nitrogens with zero attached hydrogens (tertiary/aromatic N) is 3. The molecule has 0 bridgehead atoms. The largest absolute Gasteiger partial charge is 0.306 e. The molecule has 0 amide bonds. The Morgan fingerprint density at radius 1 is 0.800 bits per heavy atom. The van der Waals surface area contributed by atoms with E-state index in [1.165, 1.54) is 0 Å². The van der Waals surface area contributed by atoms with Crippen LogP contribution in [0.4, 0.5) is 0 Å². The molecule has 0 spiro atoms. The summed E-state index contributed by atoms with van der Waals surface area (Å²) < 4.78 is 0. The van der Waals surface area contributed by atoms with Gasteiger partial charge in [0, 0.05) is 22.5 Å². The van der Waals surface area contributed by atoms with Crippen LogP contribution >= 0.6 is 0 Å². The van der Waals surface area contributed by atoms with Crippen LogP contribution < -0.4 is 0 Å². The van der Waals surface area contributed by atoms with Gasteiger partial charge in [-0.25, -0.2) is 9.97 Å². The number of hydrogen-bond acceptors (Lipinski definition) is 4. The molecule has 2 N–H and O–H groups in total. The third kappa shape index (κ3) is 4.10. The van der Waals surface area contributed by atoms with Crippen molar-refractivity contribution in [1.82, 2.24) is 20.2 Å². The molecule has 0 saturated heterocycles. The van der Waals surface area contributed by atoms with Gasteiger partial charge in [0.15, 0.2) is 0 Å². The molecule has 148 valence electrons. The van der Waals surface area contributed by atoms with Crippen molar-refractivity contribution < 1.29 is 0 Å². The highest BCUT2D eigenvalue weighted by Gasteiger charge is 2.12. The number of nitrogens with one attached hydrogen (secondary N) is 2. The van der Waals surface area contributed by atoms with Gasteiger partial charge in [0.05, 0.1) is 22.8 Å². The highest BCUT2D eigenvalue weighted by molar-refractivity contribution is 5.96. The Kier molecular flexibility index (Phi) is 5.35. The normalized spacial score (nSPS) is 11.5. The van der Waals surface area contributed by atoms with Crippen molar-refractivity contribution in [2.75, 3.05) is 0 Å². The minimum Gasteiger partial charge on any atom is -0.306 e. The maximum absolute atomic E-state index is 7.71. The van der Waals surface area contributed by atoms with Crippen molar-refractivity contribution in [2.24, 2.45) is 0 Å². The Balaban J connectivity index is 1.79. The first-order valence-corrected chi connectivity index (χ1v) is 9.81. The van der Waals surface area contributed by atoms with Crippen LogP contribution in [0.15, 0.2) is 72.8 Å². The monoisotopic (exact) mass is 393 g/mol. The van der Waals surface area contributed by atoms with E-state index in [0.717, 1.165) is 50.9 Å². The Labute approximate surface area is 176 Å². The summed E-state index contributed by atoms with van der Waals surface area (Å²) in [7, 11) is 0. The second kappa shape index (κ2) is 8.25. The minimum absolute atomic E-state index is 0.509. The zero-order valence-electron chi connectivity index (χ0n) is 17.3. The van der Waals surface area contributed by atoms with Crippen molar-refractivity contribution in [1.29, 1.82) is 5.41 Å². The highest BCUT2D eigenvalue weighted by Crippen LogP contribution is 2.31. The predicted molar refractivity (Wildman–Crippen MR) is 122 cm³/mol. The van der Waals surface area contributed by atoms with Gasteiger partial charge in [-0.2, -0.15) is 5.10 Å². The van der Waals surface area contributed by atoms with E-state index in [-0.39, 0.29) is 0 Å². The summed E-state index contributed by atoms with van der Waals surface area (Å²) in [4.78, 5) is 9.72. The van der Waals surface area contributed by atoms with Crippen LogP contribution in [0.25, 0.3) is 39.5 Å². The van der Waals surface area contributed by atoms with Gasteiger partial charge in [-0.15, -0.1) is 0 Å². The molecule has 0 fully saturated rings. The smallest absolute Gasteiger partial charge is 0.111 e. The standard InChI is InChI=1S/C25H23N5/c1-16(14-17(2)26)21-10-6-11-22(27-21)19-8-4-5-9-20(19)23-12-7-13-24(28-23)25-15-18(3)29-30-25/h4-15,26H,1-3H3,(H,29,30)/b16-14+,26-17?. The van der Waals surface area contributed by atoms with Crippen LogP contribution in [-0.4, -0.2) is 25.9 Å². The minimum atomic E-state index is 0.509. The van der Waals surface area contributed by atoms with E-state index in [2.05, 4.69) is 22.3 Å². The molecule has 3 heterocycles. The molecular weight excluding hydrogens is 370 g/mol. The molecule has 5 heteroatoms. The molecule has 0 aliphatic heterocycles. The first-order valence-electron chi connectivity index (χ1n) is 9.81. The summed E-state index contributed by atoms with van der Waals surface area (Å²) in [5.74, 6) is 0. The lowest BCUT2D eigenvalue weighted by atomic mass is 10.00. The van der Waals surface area contributed by atoms with Crippen LogP contribution in [0.3, 0.4) is 0 Å². The number of benzene rings is 1. The van der Waals surface area contributed by atoms with Crippen molar-refractivity contribution in [3.8, 4) is 33.9 Å². The maximum Gasteiger partial charge on any atom is 0.111 e. The van der Waals surface area contributed by atoms with E-state index in [1.54, 1.807) is 6.92 Å². The zero-order valence-corrected chi connectivity index (χ0v) is 17.3. The van der Waals surface area contributed by atoms with Gasteiger partial charge in [-0.3, -0.25) is 5.10 Å². The van der Waals surface area contributed by atoms with Crippen LogP contribution in [0.1, 0.15) is 25.2 Å². The first-order chi connectivity index (χ1) is 14.5. The molecule has 0 saturated carbocycles. The number of pyridine rings is 2. The topological polar surface area (TPSA) is 78.3 Å². The maximum atomic E-state index is 7.71. The number of aryl methyl sites for hydroxylation is 1. The van der Waals surface area contributed by atoms with Gasteiger partial charge in [0.1, 0.15) is 5.69 Å². The highest BCUT2D eigenvalue weighted by atomic mass is 15.1.